The van der Waals surface area contributed by atoms with E-state index in [1.54, 1.807) is 16.5 Å². The fourth-order valence-corrected chi connectivity index (χ4v) is 3.16. The summed E-state index contributed by atoms with van der Waals surface area (Å²) in [6.07, 6.45) is 0. The molecule has 0 aliphatic rings. The monoisotopic (exact) mass is 380 g/mol. The third-order valence-corrected chi connectivity index (χ3v) is 4.85. The lowest BCUT2D eigenvalue weighted by molar-refractivity contribution is 0.0764. The molecule has 2 heterocycles. The van der Waals surface area contributed by atoms with Crippen molar-refractivity contribution in [3.05, 3.63) is 47.8 Å². The van der Waals surface area contributed by atoms with Gasteiger partial charge in [-0.3, -0.25) is 4.79 Å². The van der Waals surface area contributed by atoms with Crippen molar-refractivity contribution in [2.45, 2.75) is 40.0 Å². The molecule has 3 aromatic rings. The number of methoxy groups -OCH3 is 1. The maximum Gasteiger partial charge on any atom is 0.272 e. The lowest BCUT2D eigenvalue weighted by atomic mass is 9.93. The molecule has 6 nitrogen and oxygen atoms in total. The number of rotatable bonds is 5. The first kappa shape index (κ1) is 19.9. The quantitative estimate of drug-likeness (QED) is 0.666. The van der Waals surface area contributed by atoms with Gasteiger partial charge in [-0.05, 0) is 32.0 Å². The Morgan fingerprint density at radius 2 is 1.82 bits per heavy atom. The van der Waals surface area contributed by atoms with E-state index in [2.05, 4.69) is 20.8 Å². The van der Waals surface area contributed by atoms with Gasteiger partial charge in [0.1, 0.15) is 11.4 Å². The topological polar surface area (TPSA) is 59.7 Å². The van der Waals surface area contributed by atoms with Gasteiger partial charge in [-0.1, -0.05) is 32.9 Å². The molecule has 0 saturated heterocycles. The van der Waals surface area contributed by atoms with Crippen molar-refractivity contribution < 1.29 is 9.53 Å². The minimum Gasteiger partial charge on any atom is -0.496 e. The fourth-order valence-electron chi connectivity index (χ4n) is 3.16. The normalized spacial score (nSPS) is 11.6. The lowest BCUT2D eigenvalue weighted by Gasteiger charge is -2.19. The molecule has 0 radical (unpaired) electrons. The van der Waals surface area contributed by atoms with Crippen molar-refractivity contribution in [3.63, 3.8) is 0 Å². The van der Waals surface area contributed by atoms with Gasteiger partial charge < -0.3 is 9.64 Å². The number of carbonyl (C=O) groups excluding carboxylic acids is 1. The summed E-state index contributed by atoms with van der Waals surface area (Å²) < 4.78 is 7.17. The first-order valence-corrected chi connectivity index (χ1v) is 9.64. The standard InChI is InChI=1S/C22H28N4O2/c1-7-25(8-2)21(27)17-13-16(15-11-9-10-12-18(15)28-6)23-20-14-19(22(3,4)5)24-26(17)20/h9-14H,7-8H2,1-6H3. The molecule has 1 aromatic carbocycles. The molecule has 0 aliphatic carbocycles. The highest BCUT2D eigenvalue weighted by molar-refractivity contribution is 5.94. The van der Waals surface area contributed by atoms with Crippen LogP contribution in [0.15, 0.2) is 36.4 Å². The first-order valence-electron chi connectivity index (χ1n) is 9.64. The van der Waals surface area contributed by atoms with Gasteiger partial charge in [-0.25, -0.2) is 9.50 Å². The number of nitrogens with zero attached hydrogens (tertiary/aromatic N) is 4. The molecule has 0 atom stereocenters. The average Bonchev–Trinajstić information content (AvgIpc) is 3.12. The molecule has 148 valence electrons. The third-order valence-electron chi connectivity index (χ3n) is 4.85. The number of para-hydroxylation sites is 1. The summed E-state index contributed by atoms with van der Waals surface area (Å²) in [4.78, 5) is 19.8. The Morgan fingerprint density at radius 1 is 1.14 bits per heavy atom. The van der Waals surface area contributed by atoms with Gasteiger partial charge in [-0.2, -0.15) is 5.10 Å². The first-order chi connectivity index (χ1) is 13.3. The van der Waals surface area contributed by atoms with Gasteiger partial charge >= 0.3 is 0 Å². The smallest absolute Gasteiger partial charge is 0.272 e. The van der Waals surface area contributed by atoms with E-state index in [9.17, 15) is 4.79 Å². The van der Waals surface area contributed by atoms with Crippen LogP contribution in [0.4, 0.5) is 0 Å². The van der Waals surface area contributed by atoms with Crippen molar-refractivity contribution in [2.24, 2.45) is 0 Å². The van der Waals surface area contributed by atoms with Crippen LogP contribution in [-0.4, -0.2) is 45.6 Å². The summed E-state index contributed by atoms with van der Waals surface area (Å²) >= 11 is 0. The molecular formula is C22H28N4O2. The molecule has 28 heavy (non-hydrogen) atoms. The summed E-state index contributed by atoms with van der Waals surface area (Å²) in [5.74, 6) is 0.660. The summed E-state index contributed by atoms with van der Waals surface area (Å²) in [6.45, 7) is 11.5. The van der Waals surface area contributed by atoms with Crippen LogP contribution >= 0.6 is 0 Å². The lowest BCUT2D eigenvalue weighted by Crippen LogP contribution is -2.32. The minimum absolute atomic E-state index is 0.0582. The highest BCUT2D eigenvalue weighted by Crippen LogP contribution is 2.30. The van der Waals surface area contributed by atoms with E-state index in [1.807, 2.05) is 50.2 Å². The maximum atomic E-state index is 13.2. The number of hydrogen-bond donors (Lipinski definition) is 0. The van der Waals surface area contributed by atoms with Crippen LogP contribution in [0, 0.1) is 0 Å². The second kappa shape index (κ2) is 7.62. The highest BCUT2D eigenvalue weighted by atomic mass is 16.5. The summed E-state index contributed by atoms with van der Waals surface area (Å²) in [7, 11) is 1.63. The predicted octanol–water partition coefficient (Wildman–Crippen LogP) is 4.18. The summed E-state index contributed by atoms with van der Waals surface area (Å²) in [5.41, 5.74) is 3.45. The molecular weight excluding hydrogens is 352 g/mol. The Labute approximate surface area is 166 Å². The van der Waals surface area contributed by atoms with Crippen LogP contribution in [0.1, 0.15) is 50.8 Å². The van der Waals surface area contributed by atoms with Crippen LogP contribution in [0.2, 0.25) is 0 Å². The molecule has 3 rings (SSSR count). The number of aromatic nitrogens is 3. The van der Waals surface area contributed by atoms with E-state index in [0.717, 1.165) is 17.0 Å². The van der Waals surface area contributed by atoms with Crippen LogP contribution in [0.5, 0.6) is 5.75 Å². The van der Waals surface area contributed by atoms with Crippen LogP contribution < -0.4 is 4.74 Å². The zero-order valence-corrected chi connectivity index (χ0v) is 17.5. The highest BCUT2D eigenvalue weighted by Gasteiger charge is 2.24. The van der Waals surface area contributed by atoms with Crippen molar-refractivity contribution in [3.8, 4) is 17.0 Å². The largest absolute Gasteiger partial charge is 0.496 e. The average molecular weight is 380 g/mol. The molecule has 2 aromatic heterocycles. The number of hydrogen-bond acceptors (Lipinski definition) is 4. The van der Waals surface area contributed by atoms with E-state index in [1.165, 1.54) is 0 Å². The number of fused-ring (bicyclic) bond motifs is 1. The van der Waals surface area contributed by atoms with E-state index < -0.39 is 0 Å². The molecule has 6 heteroatoms. The van der Waals surface area contributed by atoms with E-state index >= 15 is 0 Å². The molecule has 0 bridgehead atoms. The minimum atomic E-state index is -0.145. The van der Waals surface area contributed by atoms with Gasteiger partial charge in [0.2, 0.25) is 0 Å². The number of amides is 1. The third kappa shape index (κ3) is 3.59. The van der Waals surface area contributed by atoms with Gasteiger partial charge in [0.15, 0.2) is 5.65 Å². The van der Waals surface area contributed by atoms with Crippen LogP contribution in [0.25, 0.3) is 16.9 Å². The molecule has 0 unspecified atom stereocenters. The van der Waals surface area contributed by atoms with E-state index in [0.29, 0.717) is 30.1 Å². The molecule has 0 spiro atoms. The van der Waals surface area contributed by atoms with E-state index in [4.69, 9.17) is 14.8 Å². The Bertz CT molecular complexity index is 997. The molecule has 0 fully saturated rings. The van der Waals surface area contributed by atoms with Gasteiger partial charge in [0, 0.05) is 30.1 Å². The van der Waals surface area contributed by atoms with Crippen molar-refractivity contribution in [1.82, 2.24) is 19.5 Å². The Kier molecular flexibility index (Phi) is 5.40. The number of benzene rings is 1. The van der Waals surface area contributed by atoms with Gasteiger partial charge in [0.05, 0.1) is 18.5 Å². The second-order valence-corrected chi connectivity index (χ2v) is 7.75. The maximum absolute atomic E-state index is 13.2. The fraction of sp³-hybridized carbons (Fsp3) is 0.409. The number of ether oxygens (including phenoxy) is 1. The molecule has 1 amide bonds. The van der Waals surface area contributed by atoms with Crippen molar-refractivity contribution >= 4 is 11.6 Å². The Morgan fingerprint density at radius 3 is 2.43 bits per heavy atom. The predicted molar refractivity (Wildman–Crippen MR) is 111 cm³/mol. The summed E-state index contributed by atoms with van der Waals surface area (Å²) in [6, 6.07) is 11.5. The van der Waals surface area contributed by atoms with Gasteiger partial charge in [0.25, 0.3) is 5.91 Å². The Balaban J connectivity index is 2.29. The van der Waals surface area contributed by atoms with E-state index in [-0.39, 0.29) is 11.3 Å². The molecule has 0 aliphatic heterocycles. The molecule has 0 N–H and O–H groups in total. The van der Waals surface area contributed by atoms with Crippen molar-refractivity contribution in [2.75, 3.05) is 20.2 Å². The summed E-state index contributed by atoms with van der Waals surface area (Å²) in [5, 5.41) is 4.71. The molecule has 0 saturated carbocycles. The van der Waals surface area contributed by atoms with Gasteiger partial charge in [-0.15, -0.1) is 0 Å². The van der Waals surface area contributed by atoms with Crippen LogP contribution in [0.3, 0.4) is 0 Å². The Hall–Kier alpha value is -2.89. The second-order valence-electron chi connectivity index (χ2n) is 7.75. The van der Waals surface area contributed by atoms with Crippen molar-refractivity contribution in [1.29, 1.82) is 0 Å². The van der Waals surface area contributed by atoms with Crippen LogP contribution in [-0.2, 0) is 5.41 Å². The zero-order chi connectivity index (χ0) is 20.5. The zero-order valence-electron chi connectivity index (χ0n) is 17.5. The number of carbonyl (C=O) groups is 1. The SMILES string of the molecule is CCN(CC)C(=O)c1cc(-c2ccccc2OC)nc2cc(C(C)(C)C)nn12.